The van der Waals surface area contributed by atoms with Crippen molar-refractivity contribution in [2.75, 3.05) is 0 Å². The van der Waals surface area contributed by atoms with E-state index in [0.717, 1.165) is 6.54 Å². The molecule has 0 atom stereocenters. The lowest BCUT2D eigenvalue weighted by atomic mass is 10.0. The third kappa shape index (κ3) is 1.94. The predicted octanol–water partition coefficient (Wildman–Crippen LogP) is 3.68. The number of hydrogen-bond acceptors (Lipinski definition) is 1. The van der Waals surface area contributed by atoms with Crippen LogP contribution in [-0.2, 0) is 6.54 Å². The molecule has 2 aromatic rings. The minimum atomic E-state index is 0.562. The van der Waals surface area contributed by atoms with Crippen LogP contribution in [0.25, 0.3) is 10.9 Å². The topological polar surface area (TPSA) is 28.7 Å². The van der Waals surface area contributed by atoms with Gasteiger partial charge in [-0.25, -0.2) is 0 Å². The lowest BCUT2D eigenvalue weighted by Crippen LogP contribution is -1.94. The van der Waals surface area contributed by atoms with Crippen molar-refractivity contribution in [3.8, 4) is 6.07 Å². The van der Waals surface area contributed by atoms with E-state index in [4.69, 9.17) is 5.26 Å². The smallest absolute Gasteiger partial charge is 0.0640 e. The first-order valence-electron chi connectivity index (χ1n) is 5.68. The Hall–Kier alpha value is -1.75. The Kier molecular flexibility index (Phi) is 2.96. The van der Waals surface area contributed by atoms with Gasteiger partial charge in [-0.15, -0.1) is 0 Å². The summed E-state index contributed by atoms with van der Waals surface area (Å²) in [6.07, 6.45) is 2.63. The van der Waals surface area contributed by atoms with Crippen molar-refractivity contribution in [3.05, 3.63) is 36.0 Å². The highest BCUT2D eigenvalue weighted by Crippen LogP contribution is 2.22. The Labute approximate surface area is 96.1 Å². The highest BCUT2D eigenvalue weighted by atomic mass is 14.9. The summed E-state index contributed by atoms with van der Waals surface area (Å²) in [7, 11) is 0. The third-order valence-electron chi connectivity index (χ3n) is 2.93. The summed E-state index contributed by atoms with van der Waals surface area (Å²) in [6, 6.07) is 10.9. The van der Waals surface area contributed by atoms with Crippen LogP contribution in [0.1, 0.15) is 31.7 Å². The van der Waals surface area contributed by atoms with Gasteiger partial charge in [0, 0.05) is 18.3 Å². The maximum absolute atomic E-state index is 8.59. The second-order valence-corrected chi connectivity index (χ2v) is 4.39. The predicted molar refractivity (Wildman–Crippen MR) is 66.3 cm³/mol. The Balaban J connectivity index is 2.39. The summed E-state index contributed by atoms with van der Waals surface area (Å²) in [6.45, 7) is 5.18. The molecule has 0 fully saturated rings. The van der Waals surface area contributed by atoms with Crippen molar-refractivity contribution in [3.63, 3.8) is 0 Å². The first-order chi connectivity index (χ1) is 7.72. The van der Waals surface area contributed by atoms with E-state index >= 15 is 0 Å². The highest BCUT2D eigenvalue weighted by Gasteiger charge is 2.04. The third-order valence-corrected chi connectivity index (χ3v) is 2.93. The zero-order chi connectivity index (χ0) is 11.5. The van der Waals surface area contributed by atoms with E-state index in [-0.39, 0.29) is 0 Å². The lowest BCUT2D eigenvalue weighted by molar-refractivity contribution is 0.744. The van der Waals surface area contributed by atoms with Gasteiger partial charge in [0.2, 0.25) is 0 Å². The number of aromatic nitrogens is 1. The molecule has 0 saturated carbocycles. The van der Waals surface area contributed by atoms with Gasteiger partial charge < -0.3 is 4.57 Å². The van der Waals surface area contributed by atoms with E-state index in [1.54, 1.807) is 0 Å². The van der Waals surface area contributed by atoms with Crippen molar-refractivity contribution in [2.24, 2.45) is 0 Å². The Morgan fingerprint density at radius 3 is 2.81 bits per heavy atom. The first kappa shape index (κ1) is 10.8. The number of aryl methyl sites for hydroxylation is 1. The quantitative estimate of drug-likeness (QED) is 0.763. The fraction of sp³-hybridized carbons (Fsp3) is 0.357. The van der Waals surface area contributed by atoms with E-state index in [1.807, 2.05) is 0 Å². The second kappa shape index (κ2) is 4.40. The van der Waals surface area contributed by atoms with Gasteiger partial charge in [0.05, 0.1) is 12.5 Å². The second-order valence-electron chi connectivity index (χ2n) is 4.39. The number of rotatable bonds is 3. The van der Waals surface area contributed by atoms with Crippen LogP contribution in [0.4, 0.5) is 0 Å². The standard InChI is InChI=1S/C14H16N2/c1-11(2)12-4-5-14-13(10-12)6-9-16(14)8-3-7-15/h4-6,9-11H,3,8H2,1-2H3. The van der Waals surface area contributed by atoms with Gasteiger partial charge >= 0.3 is 0 Å². The van der Waals surface area contributed by atoms with Crippen LogP contribution < -0.4 is 0 Å². The van der Waals surface area contributed by atoms with Crippen LogP contribution in [0.2, 0.25) is 0 Å². The normalized spacial score (nSPS) is 10.9. The number of hydrogen-bond donors (Lipinski definition) is 0. The number of nitriles is 1. The molecule has 2 rings (SSSR count). The Bertz CT molecular complexity index is 529. The fourth-order valence-corrected chi connectivity index (χ4v) is 1.94. The number of nitrogens with zero attached hydrogens (tertiary/aromatic N) is 2. The Morgan fingerprint density at radius 2 is 2.12 bits per heavy atom. The molecular formula is C14H16N2. The molecule has 0 aliphatic rings. The molecule has 1 heterocycles. The molecular weight excluding hydrogens is 196 g/mol. The molecule has 0 aliphatic carbocycles. The number of benzene rings is 1. The maximum atomic E-state index is 8.59. The van der Waals surface area contributed by atoms with Crippen LogP contribution in [0.15, 0.2) is 30.5 Å². The van der Waals surface area contributed by atoms with Crippen LogP contribution in [0.5, 0.6) is 0 Å². The molecule has 0 amide bonds. The fourth-order valence-electron chi connectivity index (χ4n) is 1.94. The minimum absolute atomic E-state index is 0.562. The van der Waals surface area contributed by atoms with Crippen LogP contribution in [0, 0.1) is 11.3 Å². The van der Waals surface area contributed by atoms with Gasteiger partial charge in [0.1, 0.15) is 0 Å². The van der Waals surface area contributed by atoms with Gasteiger partial charge in [0.15, 0.2) is 0 Å². The molecule has 0 spiro atoms. The summed E-state index contributed by atoms with van der Waals surface area (Å²) in [4.78, 5) is 0. The summed E-state index contributed by atoms with van der Waals surface area (Å²) in [5, 5.41) is 9.86. The molecule has 0 saturated heterocycles. The number of fused-ring (bicyclic) bond motifs is 1. The van der Waals surface area contributed by atoms with Gasteiger partial charge in [-0.3, -0.25) is 0 Å². The largest absolute Gasteiger partial charge is 0.346 e. The molecule has 1 aromatic heterocycles. The van der Waals surface area contributed by atoms with Crippen molar-refractivity contribution >= 4 is 10.9 Å². The zero-order valence-corrected chi connectivity index (χ0v) is 9.77. The molecule has 2 nitrogen and oxygen atoms in total. The molecule has 82 valence electrons. The van der Waals surface area contributed by atoms with Crippen LogP contribution in [-0.4, -0.2) is 4.57 Å². The van der Waals surface area contributed by atoms with Gasteiger partial charge in [-0.05, 0) is 35.1 Å². The SMILES string of the molecule is CC(C)c1ccc2c(ccn2CCC#N)c1. The molecule has 0 aliphatic heterocycles. The van der Waals surface area contributed by atoms with Crippen molar-refractivity contribution in [1.29, 1.82) is 5.26 Å². The lowest BCUT2D eigenvalue weighted by Gasteiger charge is -2.06. The van der Waals surface area contributed by atoms with Crippen molar-refractivity contribution < 1.29 is 0 Å². The molecule has 0 N–H and O–H groups in total. The first-order valence-corrected chi connectivity index (χ1v) is 5.68. The van der Waals surface area contributed by atoms with E-state index in [2.05, 4.69) is 54.9 Å². The summed E-state index contributed by atoms with van der Waals surface area (Å²) >= 11 is 0. The summed E-state index contributed by atoms with van der Waals surface area (Å²) < 4.78 is 2.14. The minimum Gasteiger partial charge on any atom is -0.346 e. The van der Waals surface area contributed by atoms with Gasteiger partial charge in [-0.2, -0.15) is 5.26 Å². The van der Waals surface area contributed by atoms with Crippen molar-refractivity contribution in [1.82, 2.24) is 4.57 Å². The van der Waals surface area contributed by atoms with E-state index < -0.39 is 0 Å². The molecule has 0 bridgehead atoms. The summed E-state index contributed by atoms with van der Waals surface area (Å²) in [5.74, 6) is 0.562. The summed E-state index contributed by atoms with van der Waals surface area (Å²) in [5.41, 5.74) is 2.59. The Morgan fingerprint density at radius 1 is 1.31 bits per heavy atom. The molecule has 0 unspecified atom stereocenters. The zero-order valence-electron chi connectivity index (χ0n) is 9.77. The molecule has 0 radical (unpaired) electrons. The highest BCUT2D eigenvalue weighted by molar-refractivity contribution is 5.81. The van der Waals surface area contributed by atoms with E-state index in [9.17, 15) is 0 Å². The van der Waals surface area contributed by atoms with E-state index in [0.29, 0.717) is 12.3 Å². The van der Waals surface area contributed by atoms with Crippen molar-refractivity contribution in [2.45, 2.75) is 32.7 Å². The average molecular weight is 212 g/mol. The molecule has 1 aromatic carbocycles. The van der Waals surface area contributed by atoms with Gasteiger partial charge in [0.25, 0.3) is 0 Å². The van der Waals surface area contributed by atoms with Crippen LogP contribution in [0.3, 0.4) is 0 Å². The molecule has 2 heteroatoms. The molecule has 16 heavy (non-hydrogen) atoms. The van der Waals surface area contributed by atoms with E-state index in [1.165, 1.54) is 16.5 Å². The average Bonchev–Trinajstić information content (AvgIpc) is 2.68. The maximum Gasteiger partial charge on any atom is 0.0640 e. The van der Waals surface area contributed by atoms with Gasteiger partial charge in [-0.1, -0.05) is 19.9 Å². The monoisotopic (exact) mass is 212 g/mol. The van der Waals surface area contributed by atoms with Crippen LogP contribution >= 0.6 is 0 Å².